The van der Waals surface area contributed by atoms with Crippen molar-refractivity contribution in [1.29, 1.82) is 0 Å². The van der Waals surface area contributed by atoms with Gasteiger partial charge >= 0.3 is 0 Å². The maximum Gasteiger partial charge on any atom is 0.211 e. The number of fused-ring (bicyclic) bond motifs is 1. The molecular weight excluding hydrogens is 252 g/mol. The predicted octanol–water partition coefficient (Wildman–Crippen LogP) is 2.66. The van der Waals surface area contributed by atoms with Gasteiger partial charge < -0.3 is 5.32 Å². The van der Waals surface area contributed by atoms with Crippen LogP contribution in [0, 0.1) is 0 Å². The molecule has 4 nitrogen and oxygen atoms in total. The average Bonchev–Trinajstić information content (AvgIpc) is 2.73. The van der Waals surface area contributed by atoms with E-state index in [1.165, 1.54) is 31.8 Å². The number of carbonyl (C=O) groups excluding carboxylic acids is 2. The van der Waals surface area contributed by atoms with Crippen LogP contribution in [0.4, 0.5) is 0 Å². The van der Waals surface area contributed by atoms with Gasteiger partial charge in [0.1, 0.15) is 5.69 Å². The van der Waals surface area contributed by atoms with E-state index < -0.39 is 0 Å². The molecule has 20 heavy (non-hydrogen) atoms. The highest BCUT2D eigenvalue weighted by Crippen LogP contribution is 2.22. The Morgan fingerprint density at radius 1 is 1.10 bits per heavy atom. The van der Waals surface area contributed by atoms with Gasteiger partial charge in [0.2, 0.25) is 11.6 Å². The Labute approximate surface area is 118 Å². The molecule has 1 fully saturated rings. The second-order valence-corrected chi connectivity index (χ2v) is 5.48. The zero-order valence-electron chi connectivity index (χ0n) is 11.4. The Balaban J connectivity index is 1.81. The molecule has 104 valence electrons. The summed E-state index contributed by atoms with van der Waals surface area (Å²) >= 11 is 0. The van der Waals surface area contributed by atoms with E-state index in [0.29, 0.717) is 17.3 Å². The van der Waals surface area contributed by atoms with Crippen molar-refractivity contribution in [3.05, 3.63) is 41.4 Å². The standard InChI is InChI=1S/C16H18N2O2/c19-14-10-13(18-11-6-3-1-2-4-7-11)16(20)12-8-5-9-17-15(12)14/h5,8-11,18H,1-4,6-7H2. The lowest BCUT2D eigenvalue weighted by Crippen LogP contribution is -2.34. The lowest BCUT2D eigenvalue weighted by atomic mass is 9.96. The molecule has 1 aromatic heterocycles. The molecule has 3 rings (SSSR count). The number of hydrogen-bond acceptors (Lipinski definition) is 4. The molecule has 1 saturated carbocycles. The topological polar surface area (TPSA) is 59.1 Å². The summed E-state index contributed by atoms with van der Waals surface area (Å²) in [6.07, 6.45) is 9.98. The summed E-state index contributed by atoms with van der Waals surface area (Å²) in [6, 6.07) is 3.67. The predicted molar refractivity (Wildman–Crippen MR) is 75.6 cm³/mol. The molecule has 0 spiro atoms. The highest BCUT2D eigenvalue weighted by Gasteiger charge is 2.27. The molecule has 1 heterocycles. The van der Waals surface area contributed by atoms with Crippen molar-refractivity contribution in [2.24, 2.45) is 0 Å². The van der Waals surface area contributed by atoms with E-state index in [9.17, 15) is 9.59 Å². The second-order valence-electron chi connectivity index (χ2n) is 5.48. The van der Waals surface area contributed by atoms with Crippen LogP contribution in [0.25, 0.3) is 0 Å². The molecular formula is C16H18N2O2. The Morgan fingerprint density at radius 2 is 1.85 bits per heavy atom. The first kappa shape index (κ1) is 13.0. The Kier molecular flexibility index (Phi) is 3.63. The third kappa shape index (κ3) is 2.50. The van der Waals surface area contributed by atoms with Gasteiger partial charge in [-0.25, -0.2) is 0 Å². The van der Waals surface area contributed by atoms with E-state index >= 15 is 0 Å². The number of ketones is 2. The van der Waals surface area contributed by atoms with Gasteiger partial charge in [-0.05, 0) is 25.0 Å². The van der Waals surface area contributed by atoms with E-state index in [4.69, 9.17) is 0 Å². The molecule has 0 unspecified atom stereocenters. The van der Waals surface area contributed by atoms with Crippen molar-refractivity contribution in [1.82, 2.24) is 10.3 Å². The Morgan fingerprint density at radius 3 is 2.60 bits per heavy atom. The van der Waals surface area contributed by atoms with Crippen LogP contribution in [0.1, 0.15) is 59.4 Å². The fourth-order valence-electron chi connectivity index (χ4n) is 2.95. The molecule has 0 amide bonds. The minimum Gasteiger partial charge on any atom is -0.379 e. The van der Waals surface area contributed by atoms with Crippen molar-refractivity contribution in [3.8, 4) is 0 Å². The quantitative estimate of drug-likeness (QED) is 0.839. The van der Waals surface area contributed by atoms with E-state index in [1.807, 2.05) is 0 Å². The van der Waals surface area contributed by atoms with E-state index in [0.717, 1.165) is 12.8 Å². The summed E-state index contributed by atoms with van der Waals surface area (Å²) in [7, 11) is 0. The Bertz CT molecular complexity index is 570. The third-order valence-corrected chi connectivity index (χ3v) is 4.02. The molecule has 2 aliphatic rings. The van der Waals surface area contributed by atoms with Crippen LogP contribution in [0.3, 0.4) is 0 Å². The van der Waals surface area contributed by atoms with Crippen LogP contribution in [-0.4, -0.2) is 22.6 Å². The van der Waals surface area contributed by atoms with Crippen LogP contribution in [-0.2, 0) is 0 Å². The maximum atomic E-state index is 12.4. The minimum absolute atomic E-state index is 0.114. The molecule has 0 bridgehead atoms. The molecule has 0 radical (unpaired) electrons. The van der Waals surface area contributed by atoms with Crippen LogP contribution in [0.2, 0.25) is 0 Å². The highest BCUT2D eigenvalue weighted by molar-refractivity contribution is 6.23. The minimum atomic E-state index is -0.184. The lowest BCUT2D eigenvalue weighted by Gasteiger charge is -2.21. The van der Waals surface area contributed by atoms with Gasteiger partial charge in [0.25, 0.3) is 0 Å². The van der Waals surface area contributed by atoms with Gasteiger partial charge in [0.05, 0.1) is 11.3 Å². The summed E-state index contributed by atoms with van der Waals surface area (Å²) < 4.78 is 0. The smallest absolute Gasteiger partial charge is 0.211 e. The Hall–Kier alpha value is -1.97. The summed E-state index contributed by atoms with van der Waals surface area (Å²) in [5, 5.41) is 3.28. The van der Waals surface area contributed by atoms with Gasteiger partial charge in [-0.3, -0.25) is 14.6 Å². The first-order valence-corrected chi connectivity index (χ1v) is 7.28. The monoisotopic (exact) mass is 270 g/mol. The largest absolute Gasteiger partial charge is 0.379 e. The number of nitrogens with one attached hydrogen (secondary N) is 1. The third-order valence-electron chi connectivity index (χ3n) is 4.02. The first-order chi connectivity index (χ1) is 9.75. The van der Waals surface area contributed by atoms with Crippen molar-refractivity contribution in [2.45, 2.75) is 44.6 Å². The first-order valence-electron chi connectivity index (χ1n) is 7.28. The van der Waals surface area contributed by atoms with Crippen LogP contribution in [0.5, 0.6) is 0 Å². The van der Waals surface area contributed by atoms with Crippen LogP contribution >= 0.6 is 0 Å². The number of nitrogens with zero attached hydrogens (tertiary/aromatic N) is 1. The summed E-state index contributed by atoms with van der Waals surface area (Å²) in [6.45, 7) is 0. The highest BCUT2D eigenvalue weighted by atomic mass is 16.1. The number of hydrogen-bond donors (Lipinski definition) is 1. The molecule has 1 N–H and O–H groups in total. The van der Waals surface area contributed by atoms with Crippen molar-refractivity contribution in [3.63, 3.8) is 0 Å². The van der Waals surface area contributed by atoms with Gasteiger partial charge in [-0.1, -0.05) is 25.7 Å². The molecule has 0 saturated heterocycles. The fourth-order valence-corrected chi connectivity index (χ4v) is 2.95. The van der Waals surface area contributed by atoms with Gasteiger partial charge in [-0.15, -0.1) is 0 Å². The lowest BCUT2D eigenvalue weighted by molar-refractivity contribution is 0.0972. The van der Waals surface area contributed by atoms with Gasteiger partial charge in [0.15, 0.2) is 0 Å². The molecule has 1 aromatic rings. The maximum absolute atomic E-state index is 12.4. The SMILES string of the molecule is O=C1C(NC2CCCCCC2)=CC(=O)c2ncccc21. The van der Waals surface area contributed by atoms with Crippen LogP contribution in [0.15, 0.2) is 30.1 Å². The molecule has 0 atom stereocenters. The van der Waals surface area contributed by atoms with Crippen molar-refractivity contribution >= 4 is 11.6 Å². The number of carbonyl (C=O) groups is 2. The zero-order valence-corrected chi connectivity index (χ0v) is 11.4. The van der Waals surface area contributed by atoms with Gasteiger partial charge in [0, 0.05) is 18.3 Å². The average molecular weight is 270 g/mol. The second kappa shape index (κ2) is 5.57. The zero-order chi connectivity index (χ0) is 13.9. The summed E-state index contributed by atoms with van der Waals surface area (Å²) in [5.41, 5.74) is 1.11. The molecule has 0 aliphatic heterocycles. The van der Waals surface area contributed by atoms with E-state index in [1.54, 1.807) is 18.3 Å². The summed E-state index contributed by atoms with van der Waals surface area (Å²) in [4.78, 5) is 28.4. The molecule has 4 heteroatoms. The van der Waals surface area contributed by atoms with Crippen LogP contribution < -0.4 is 5.32 Å². The van der Waals surface area contributed by atoms with Crippen molar-refractivity contribution in [2.75, 3.05) is 0 Å². The van der Waals surface area contributed by atoms with Gasteiger partial charge in [-0.2, -0.15) is 0 Å². The summed E-state index contributed by atoms with van der Waals surface area (Å²) in [5.74, 6) is -0.298. The number of rotatable bonds is 2. The number of aromatic nitrogens is 1. The van der Waals surface area contributed by atoms with E-state index in [2.05, 4.69) is 10.3 Å². The van der Waals surface area contributed by atoms with Crippen molar-refractivity contribution < 1.29 is 9.59 Å². The molecule has 2 aliphatic carbocycles. The fraction of sp³-hybridized carbons (Fsp3) is 0.438. The number of Topliss-reactive ketones (excluding diaryl/α,β-unsaturated/α-hetero) is 1. The van der Waals surface area contributed by atoms with E-state index in [-0.39, 0.29) is 17.3 Å². The number of pyridine rings is 1. The normalized spacial score (nSPS) is 20.1. The number of allylic oxidation sites excluding steroid dienone is 2. The molecule has 0 aromatic carbocycles.